The molecule has 0 unspecified atom stereocenters. The van der Waals surface area contributed by atoms with Crippen molar-refractivity contribution in [2.45, 2.75) is 26.2 Å². The second kappa shape index (κ2) is 19.4. The molecule has 17 aromatic rings. The highest BCUT2D eigenvalue weighted by atomic mass is 31.2. The van der Waals surface area contributed by atoms with Crippen molar-refractivity contribution in [2.24, 2.45) is 0 Å². The van der Waals surface area contributed by atoms with Crippen LogP contribution in [0.25, 0.3) is 133 Å². The molecule has 8 nitrogen and oxygen atoms in total. The molecule has 12 aromatic carbocycles. The topological polar surface area (TPSA) is 75.7 Å². The van der Waals surface area contributed by atoms with Crippen LogP contribution in [-0.4, -0.2) is 28.5 Å². The zero-order chi connectivity index (χ0) is 61.6. The van der Waals surface area contributed by atoms with Crippen molar-refractivity contribution in [3.05, 3.63) is 285 Å². The maximum atomic E-state index is 15.6. The van der Waals surface area contributed by atoms with Crippen LogP contribution in [0.5, 0.6) is 0 Å². The fourth-order valence-corrected chi connectivity index (χ4v) is 16.1. The summed E-state index contributed by atoms with van der Waals surface area (Å²) in [7, 11) is -3.26. The number of aromatic nitrogens is 6. The van der Waals surface area contributed by atoms with E-state index in [2.05, 4.69) is 134 Å². The Balaban J connectivity index is 0.804. The average Bonchev–Trinajstić information content (AvgIpc) is 1.56. The van der Waals surface area contributed by atoms with Crippen LogP contribution in [0.3, 0.4) is 0 Å². The Bertz CT molecular complexity index is 5820. The van der Waals surface area contributed by atoms with E-state index < -0.39 is 7.14 Å². The first-order chi connectivity index (χ1) is 44.3. The maximum Gasteiger partial charge on any atom is 0.248 e. The molecule has 0 N–H and O–H groups in total. The molecule has 0 aliphatic rings. The third-order valence-corrected chi connectivity index (χ3v) is 20.6. The van der Waals surface area contributed by atoms with Crippen LogP contribution in [0.2, 0.25) is 0 Å². The van der Waals surface area contributed by atoms with Crippen LogP contribution in [0, 0.1) is 0 Å². The third-order valence-electron chi connectivity index (χ3n) is 17.6. The van der Waals surface area contributed by atoms with Crippen molar-refractivity contribution in [2.75, 3.05) is 0 Å². The zero-order valence-corrected chi connectivity index (χ0v) is 48.6. The van der Waals surface area contributed by atoms with Gasteiger partial charge in [0.2, 0.25) is 11.8 Å². The van der Waals surface area contributed by atoms with Crippen molar-refractivity contribution in [1.29, 1.82) is 0 Å². The monoisotopic (exact) mass is 1140 g/mol. The van der Waals surface area contributed by atoms with Crippen LogP contribution in [-0.2, 0) is 9.98 Å². The summed E-state index contributed by atoms with van der Waals surface area (Å²) in [6.45, 7) is 6.58. The van der Waals surface area contributed by atoms with Gasteiger partial charge >= 0.3 is 0 Å². The Morgan fingerprint density at radius 3 is 1.13 bits per heavy atom. The van der Waals surface area contributed by atoms with Gasteiger partial charge in [-0.15, -0.1) is 10.2 Å². The first-order valence-corrected chi connectivity index (χ1v) is 30.9. The second-order valence-corrected chi connectivity index (χ2v) is 26.2. The third kappa shape index (κ3) is 7.74. The highest BCUT2D eigenvalue weighted by Crippen LogP contribution is 2.46. The average molecular weight is 1140 g/mol. The van der Waals surface area contributed by atoms with Crippen LogP contribution in [0.1, 0.15) is 31.8 Å². The zero-order valence-electron chi connectivity index (χ0n) is 51.7. The molecule has 9 heteroatoms. The highest BCUT2D eigenvalue weighted by molar-refractivity contribution is 7.85. The van der Waals surface area contributed by atoms with Gasteiger partial charge in [-0.1, -0.05) is 178 Å². The summed E-state index contributed by atoms with van der Waals surface area (Å²) in [5, 5.41) is 18.8. The van der Waals surface area contributed by atoms with Crippen molar-refractivity contribution in [3.8, 4) is 45.7 Å². The Morgan fingerprint density at radius 1 is 0.345 bits per heavy atom. The van der Waals surface area contributed by atoms with E-state index in [0.29, 0.717) is 36.0 Å². The summed E-state index contributed by atoms with van der Waals surface area (Å²) >= 11 is 0. The number of nitrogens with zero attached hydrogens (tertiary/aromatic N) is 6. The van der Waals surface area contributed by atoms with Crippen LogP contribution in [0.4, 0.5) is 0 Å². The summed E-state index contributed by atoms with van der Waals surface area (Å²) in [4.78, 5) is 0. The lowest BCUT2D eigenvalue weighted by molar-refractivity contribution is 0.582. The molecule has 0 aliphatic carbocycles. The smallest absolute Gasteiger partial charge is 0.248 e. The molecule has 0 aliphatic heterocycles. The first kappa shape index (κ1) is 46.6. The maximum absolute atomic E-state index is 15.6. The van der Waals surface area contributed by atoms with Crippen molar-refractivity contribution in [3.63, 3.8) is 0 Å². The van der Waals surface area contributed by atoms with Crippen LogP contribution in [0.15, 0.2) is 283 Å². The molecule has 0 fully saturated rings. The van der Waals surface area contributed by atoms with Crippen molar-refractivity contribution < 1.29 is 14.5 Å². The number of benzene rings is 12. The minimum Gasteiger partial charge on any atom is -0.416 e. The predicted octanol–water partition coefficient (Wildman–Crippen LogP) is 18.7. The van der Waals surface area contributed by atoms with Gasteiger partial charge in [-0.2, -0.15) is 0 Å². The van der Waals surface area contributed by atoms with E-state index in [9.17, 15) is 0 Å². The molecule has 414 valence electrons. The predicted molar refractivity (Wildman–Crippen MR) is 361 cm³/mol. The summed E-state index contributed by atoms with van der Waals surface area (Å²) < 4.78 is 66.6. The van der Waals surface area contributed by atoms with Gasteiger partial charge in [-0.25, -0.2) is 0 Å². The summed E-state index contributed by atoms with van der Waals surface area (Å²) in [6, 6.07) is 86.1. The molecule has 0 saturated heterocycles. The molecule has 0 radical (unpaired) electrons. The second-order valence-electron chi connectivity index (χ2n) is 23.4. The van der Waals surface area contributed by atoms with E-state index in [1.165, 1.54) is 5.56 Å². The Kier molecular flexibility index (Phi) is 10.4. The Morgan fingerprint density at radius 2 is 0.701 bits per heavy atom. The van der Waals surface area contributed by atoms with Crippen molar-refractivity contribution in [1.82, 2.24) is 28.5 Å². The molecule has 17 rings (SSSR count). The Hall–Kier alpha value is -10.8. The Labute approximate surface area is 507 Å². The van der Waals surface area contributed by atoms with Gasteiger partial charge in [0.15, 0.2) is 7.14 Å². The van der Waals surface area contributed by atoms with E-state index in [1.807, 2.05) is 170 Å². The molecule has 0 atom stereocenters. The number of para-hydroxylation sites is 4. The van der Waals surface area contributed by atoms with Gasteiger partial charge < -0.3 is 27.3 Å². The SMILES string of the molecule is [2H]c1ccc2c(c1)c1c(ccc3c4cc([2H])ccc4n(-c4ccc(-c5nnc(-c6ccc(C(C)(C)C)cc6)o5)cc4)c31)n2-c1ccc(-n2c3ccc([2H])cc3c3c2ccc2c4cc([2H])ccc4n(-c4ccc(P(=O)(c5ccccc5)c5ccccc5)cc4)c23)cc1. The first-order valence-electron chi connectivity index (χ1n) is 31.2. The molecule has 87 heavy (non-hydrogen) atoms. The number of fused-ring (bicyclic) bond motifs is 14. The van der Waals surface area contributed by atoms with Gasteiger partial charge in [0.1, 0.15) is 0 Å². The standard InChI is InChI=1S/C78H55N6O2P/c1-78(2,3)52-34-30-50(31-35-52)76-79-80-77(86-76)51-32-36-55(37-33-51)83-66-26-14-10-22-60(66)62-46-48-70-72(74(62)83)64-24-12-16-28-68(64)81(70)53-38-40-54(41-39-53)82-69-29-17-13-25-65(69)73-71(82)49-47-63-61-23-11-15-27-67(61)84(75(63)73)56-42-44-59(45-43-56)87(85,57-18-6-4-7-19-57)58-20-8-5-9-21-58/h4-49H,1-3H3/i10D,11D,12D,13D. The summed E-state index contributed by atoms with van der Waals surface area (Å²) in [5.74, 6) is 0.873. The minimum absolute atomic E-state index is 0.0209. The van der Waals surface area contributed by atoms with Crippen molar-refractivity contribution >= 4 is 110 Å². The molecular weight excluding hydrogens is 1080 g/mol. The largest absolute Gasteiger partial charge is 0.416 e. The molecule has 5 aromatic heterocycles. The van der Waals surface area contributed by atoms with Crippen LogP contribution >= 0.6 is 7.14 Å². The highest BCUT2D eigenvalue weighted by Gasteiger charge is 2.30. The van der Waals surface area contributed by atoms with Gasteiger partial charge in [-0.3, -0.25) is 0 Å². The number of hydrogen-bond acceptors (Lipinski definition) is 4. The van der Waals surface area contributed by atoms with Gasteiger partial charge in [0, 0.05) is 92.9 Å². The molecular formula is C78H55N6O2P. The summed E-state index contributed by atoms with van der Waals surface area (Å²) in [6.07, 6.45) is 0. The lowest BCUT2D eigenvalue weighted by Gasteiger charge is -2.20. The van der Waals surface area contributed by atoms with E-state index in [-0.39, 0.29) is 5.41 Å². The lowest BCUT2D eigenvalue weighted by Crippen LogP contribution is -2.24. The van der Waals surface area contributed by atoms with Crippen LogP contribution < -0.4 is 15.9 Å². The number of hydrogen-bond donors (Lipinski definition) is 0. The van der Waals surface area contributed by atoms with E-state index in [4.69, 9.17) is 9.90 Å². The molecule has 0 bridgehead atoms. The molecule has 0 spiro atoms. The fraction of sp³-hybridized carbons (Fsp3) is 0.0513. The minimum atomic E-state index is -3.26. The lowest BCUT2D eigenvalue weighted by atomic mass is 9.87. The summed E-state index contributed by atoms with van der Waals surface area (Å²) in [5.41, 5.74) is 14.1. The van der Waals surface area contributed by atoms with E-state index >= 15 is 4.57 Å². The van der Waals surface area contributed by atoms with E-state index in [0.717, 1.165) is 137 Å². The number of rotatable bonds is 9. The normalized spacial score (nSPS) is 13.0. The molecule has 0 amide bonds. The van der Waals surface area contributed by atoms with E-state index in [1.54, 1.807) is 0 Å². The van der Waals surface area contributed by atoms with Gasteiger partial charge in [0.05, 0.1) is 49.6 Å². The molecule has 0 saturated carbocycles. The fourth-order valence-electron chi connectivity index (χ4n) is 13.5. The quantitative estimate of drug-likeness (QED) is 0.135. The molecule has 5 heterocycles. The van der Waals surface area contributed by atoms with Gasteiger partial charge in [-0.05, 0) is 132 Å². The van der Waals surface area contributed by atoms with Gasteiger partial charge in [0.25, 0.3) is 0 Å².